The monoisotopic (exact) mass is 419 g/mol. The summed E-state index contributed by atoms with van der Waals surface area (Å²) in [7, 11) is 0. The molecule has 0 saturated heterocycles. The molecule has 0 aliphatic heterocycles. The van der Waals surface area contributed by atoms with Gasteiger partial charge < -0.3 is 14.2 Å². The molecule has 152 valence electrons. The molecule has 2 aromatic carbocycles. The SMILES string of the molecule is CCOC(=O)c1n[nH]nc1-c1ccc(OCc2ccc(F)cc2Cl)c(OCC)c1. The normalized spacial score (nSPS) is 10.6. The topological polar surface area (TPSA) is 86.3 Å². The van der Waals surface area contributed by atoms with Crippen LogP contribution in [-0.2, 0) is 11.3 Å². The highest BCUT2D eigenvalue weighted by Gasteiger charge is 2.20. The van der Waals surface area contributed by atoms with E-state index in [-0.39, 0.29) is 23.9 Å². The zero-order valence-corrected chi connectivity index (χ0v) is 16.6. The highest BCUT2D eigenvalue weighted by Crippen LogP contribution is 2.34. The third-order valence-electron chi connectivity index (χ3n) is 3.93. The minimum atomic E-state index is -0.569. The summed E-state index contributed by atoms with van der Waals surface area (Å²) in [6, 6.07) is 9.23. The van der Waals surface area contributed by atoms with Crippen molar-refractivity contribution < 1.29 is 23.4 Å². The molecule has 1 N–H and O–H groups in total. The average Bonchev–Trinajstić information content (AvgIpc) is 3.18. The van der Waals surface area contributed by atoms with E-state index in [4.69, 9.17) is 25.8 Å². The van der Waals surface area contributed by atoms with Gasteiger partial charge in [-0.1, -0.05) is 17.7 Å². The lowest BCUT2D eigenvalue weighted by molar-refractivity contribution is 0.0520. The van der Waals surface area contributed by atoms with Crippen molar-refractivity contribution in [2.45, 2.75) is 20.5 Å². The number of nitrogens with zero attached hydrogens (tertiary/aromatic N) is 2. The minimum Gasteiger partial charge on any atom is -0.490 e. The van der Waals surface area contributed by atoms with E-state index in [1.54, 1.807) is 31.2 Å². The van der Waals surface area contributed by atoms with E-state index in [2.05, 4.69) is 15.4 Å². The molecule has 0 aliphatic rings. The van der Waals surface area contributed by atoms with Crippen molar-refractivity contribution in [3.05, 3.63) is 58.5 Å². The van der Waals surface area contributed by atoms with Gasteiger partial charge in [-0.3, -0.25) is 0 Å². The summed E-state index contributed by atoms with van der Waals surface area (Å²) in [5.74, 6) is -0.0539. The highest BCUT2D eigenvalue weighted by molar-refractivity contribution is 6.31. The van der Waals surface area contributed by atoms with Crippen LogP contribution in [0.3, 0.4) is 0 Å². The Kier molecular flexibility index (Phi) is 6.66. The number of carbonyl (C=O) groups is 1. The van der Waals surface area contributed by atoms with Crippen molar-refractivity contribution in [1.29, 1.82) is 0 Å². The predicted molar refractivity (Wildman–Crippen MR) is 105 cm³/mol. The van der Waals surface area contributed by atoms with E-state index >= 15 is 0 Å². The van der Waals surface area contributed by atoms with Crippen molar-refractivity contribution in [1.82, 2.24) is 15.4 Å². The van der Waals surface area contributed by atoms with E-state index in [9.17, 15) is 9.18 Å². The van der Waals surface area contributed by atoms with Crippen LogP contribution in [0.1, 0.15) is 29.9 Å². The van der Waals surface area contributed by atoms with Gasteiger partial charge in [0.05, 0.1) is 18.2 Å². The van der Waals surface area contributed by atoms with Crippen LogP contribution in [0.4, 0.5) is 4.39 Å². The molecule has 0 unspecified atom stereocenters. The van der Waals surface area contributed by atoms with Gasteiger partial charge in [-0.15, -0.1) is 5.10 Å². The number of aromatic amines is 1. The fraction of sp³-hybridized carbons (Fsp3) is 0.250. The number of esters is 1. The Morgan fingerprint density at radius 1 is 1.07 bits per heavy atom. The number of nitrogens with one attached hydrogen (secondary N) is 1. The van der Waals surface area contributed by atoms with Crippen molar-refractivity contribution in [2.75, 3.05) is 13.2 Å². The number of H-pyrrole nitrogens is 1. The van der Waals surface area contributed by atoms with Crippen LogP contribution in [0.25, 0.3) is 11.3 Å². The summed E-state index contributed by atoms with van der Waals surface area (Å²) in [4.78, 5) is 12.1. The molecule has 0 atom stereocenters. The molecule has 7 nitrogen and oxygen atoms in total. The summed E-state index contributed by atoms with van der Waals surface area (Å²) in [5.41, 5.74) is 1.68. The Morgan fingerprint density at radius 2 is 1.90 bits per heavy atom. The van der Waals surface area contributed by atoms with Crippen molar-refractivity contribution >= 4 is 17.6 Å². The molecule has 1 aromatic heterocycles. The Labute approximate surface area is 171 Å². The van der Waals surface area contributed by atoms with Crippen LogP contribution in [-0.4, -0.2) is 34.6 Å². The first kappa shape index (κ1) is 20.6. The van der Waals surface area contributed by atoms with E-state index in [0.29, 0.717) is 34.9 Å². The van der Waals surface area contributed by atoms with Crippen molar-refractivity contribution in [3.8, 4) is 22.8 Å². The van der Waals surface area contributed by atoms with Gasteiger partial charge in [0.15, 0.2) is 17.2 Å². The lowest BCUT2D eigenvalue weighted by Crippen LogP contribution is -2.07. The van der Waals surface area contributed by atoms with Crippen LogP contribution in [0, 0.1) is 5.82 Å². The first-order chi connectivity index (χ1) is 14.0. The molecular weight excluding hydrogens is 401 g/mol. The predicted octanol–water partition coefficient (Wildman–Crippen LogP) is 4.42. The molecule has 3 aromatic rings. The summed E-state index contributed by atoms with van der Waals surface area (Å²) in [5, 5.41) is 10.6. The number of aromatic nitrogens is 3. The van der Waals surface area contributed by atoms with Gasteiger partial charge in [0.1, 0.15) is 18.1 Å². The van der Waals surface area contributed by atoms with Crippen molar-refractivity contribution in [3.63, 3.8) is 0 Å². The standard InChI is InChI=1S/C20H19ClFN3O4/c1-3-27-17-9-12(18-19(24-25-23-18)20(26)28-4-2)6-8-16(17)29-11-13-5-7-14(22)10-15(13)21/h5-10H,3-4,11H2,1-2H3,(H,23,24,25). The number of carbonyl (C=O) groups excluding carboxylic acids is 1. The zero-order chi connectivity index (χ0) is 20.8. The molecular formula is C20H19ClFN3O4. The maximum absolute atomic E-state index is 13.2. The van der Waals surface area contributed by atoms with Gasteiger partial charge in [0.25, 0.3) is 0 Å². The molecule has 0 bridgehead atoms. The van der Waals surface area contributed by atoms with Crippen molar-refractivity contribution in [2.24, 2.45) is 0 Å². The molecule has 0 spiro atoms. The number of hydrogen-bond donors (Lipinski definition) is 1. The fourth-order valence-corrected chi connectivity index (χ4v) is 2.83. The van der Waals surface area contributed by atoms with Crippen LogP contribution < -0.4 is 9.47 Å². The fourth-order valence-electron chi connectivity index (χ4n) is 2.61. The summed E-state index contributed by atoms with van der Waals surface area (Å²) >= 11 is 6.05. The minimum absolute atomic E-state index is 0.0843. The molecule has 0 radical (unpaired) electrons. The molecule has 0 amide bonds. The largest absolute Gasteiger partial charge is 0.490 e. The summed E-state index contributed by atoms with van der Waals surface area (Å²) < 4.78 is 29.7. The van der Waals surface area contributed by atoms with Gasteiger partial charge in [-0.25, -0.2) is 9.18 Å². The lowest BCUT2D eigenvalue weighted by Gasteiger charge is -2.14. The molecule has 3 rings (SSSR count). The van der Waals surface area contributed by atoms with E-state index < -0.39 is 11.8 Å². The Hall–Kier alpha value is -3.13. The van der Waals surface area contributed by atoms with E-state index in [1.807, 2.05) is 6.92 Å². The lowest BCUT2D eigenvalue weighted by atomic mass is 10.1. The highest BCUT2D eigenvalue weighted by atomic mass is 35.5. The number of benzene rings is 2. The second-order valence-corrected chi connectivity index (χ2v) is 6.27. The summed E-state index contributed by atoms with van der Waals surface area (Å²) in [6.07, 6.45) is 0. The Morgan fingerprint density at radius 3 is 2.62 bits per heavy atom. The van der Waals surface area contributed by atoms with E-state index in [0.717, 1.165) is 0 Å². The number of ether oxygens (including phenoxy) is 3. The van der Waals surface area contributed by atoms with Crippen LogP contribution in [0.5, 0.6) is 11.5 Å². The number of rotatable bonds is 8. The maximum Gasteiger partial charge on any atom is 0.361 e. The number of hydrogen-bond acceptors (Lipinski definition) is 6. The van der Waals surface area contributed by atoms with Crippen LogP contribution >= 0.6 is 11.6 Å². The quantitative estimate of drug-likeness (QED) is 0.544. The third-order valence-corrected chi connectivity index (χ3v) is 4.28. The van der Waals surface area contributed by atoms with Crippen LogP contribution in [0.15, 0.2) is 36.4 Å². The Balaban J connectivity index is 1.86. The van der Waals surface area contributed by atoms with Gasteiger partial charge in [-0.05, 0) is 44.2 Å². The van der Waals surface area contributed by atoms with Gasteiger partial charge in [0, 0.05) is 11.1 Å². The van der Waals surface area contributed by atoms with E-state index in [1.165, 1.54) is 12.1 Å². The molecule has 9 heteroatoms. The molecule has 29 heavy (non-hydrogen) atoms. The van der Waals surface area contributed by atoms with Crippen LogP contribution in [0.2, 0.25) is 5.02 Å². The molecule has 1 heterocycles. The summed E-state index contributed by atoms with van der Waals surface area (Å²) in [6.45, 7) is 4.32. The molecule has 0 fully saturated rings. The maximum atomic E-state index is 13.2. The molecule has 0 aliphatic carbocycles. The third kappa shape index (κ3) is 4.83. The molecule has 0 saturated carbocycles. The first-order valence-electron chi connectivity index (χ1n) is 8.95. The first-order valence-corrected chi connectivity index (χ1v) is 9.33. The van der Waals surface area contributed by atoms with Gasteiger partial charge in [-0.2, -0.15) is 10.3 Å². The average molecular weight is 420 g/mol. The van der Waals surface area contributed by atoms with Gasteiger partial charge >= 0.3 is 5.97 Å². The second-order valence-electron chi connectivity index (χ2n) is 5.86. The smallest absolute Gasteiger partial charge is 0.361 e. The number of halogens is 2. The second kappa shape index (κ2) is 9.38. The van der Waals surface area contributed by atoms with Gasteiger partial charge in [0.2, 0.25) is 0 Å². The Bertz CT molecular complexity index is 1010. The zero-order valence-electron chi connectivity index (χ0n) is 15.9.